The van der Waals surface area contributed by atoms with Crippen molar-refractivity contribution in [2.45, 2.75) is 33.7 Å². The van der Waals surface area contributed by atoms with Crippen LogP contribution in [0, 0.1) is 20.8 Å². The summed E-state index contributed by atoms with van der Waals surface area (Å²) >= 11 is 0. The molecule has 4 heteroatoms. The van der Waals surface area contributed by atoms with Crippen molar-refractivity contribution in [3.8, 4) is 0 Å². The van der Waals surface area contributed by atoms with Gasteiger partial charge in [-0.2, -0.15) is 0 Å². The lowest BCUT2D eigenvalue weighted by Crippen LogP contribution is -2.37. The highest BCUT2D eigenvalue weighted by Crippen LogP contribution is 2.22. The summed E-state index contributed by atoms with van der Waals surface area (Å²) in [6.45, 7) is 7.39. The smallest absolute Gasteiger partial charge is 0.254 e. The van der Waals surface area contributed by atoms with Crippen LogP contribution in [0.5, 0.6) is 0 Å². The molecule has 0 aliphatic carbocycles. The minimum absolute atomic E-state index is 0.111. The van der Waals surface area contributed by atoms with Crippen LogP contribution in [0.25, 0.3) is 0 Å². The number of hydrogen-bond donors (Lipinski definition) is 0. The average Bonchev–Trinajstić information content (AvgIpc) is 2.45. The van der Waals surface area contributed by atoms with E-state index in [1.807, 2.05) is 24.9 Å². The van der Waals surface area contributed by atoms with Gasteiger partial charge in [-0.15, -0.1) is 0 Å². The molecule has 0 fully saturated rings. The van der Waals surface area contributed by atoms with Crippen molar-refractivity contribution < 1.29 is 4.79 Å². The first-order chi connectivity index (χ1) is 10.1. The summed E-state index contributed by atoms with van der Waals surface area (Å²) in [5.74, 6) is 0.111. The number of aromatic nitrogens is 2. The Morgan fingerprint density at radius 3 is 2.62 bits per heavy atom. The minimum Gasteiger partial charge on any atom is -0.334 e. The van der Waals surface area contributed by atoms with Gasteiger partial charge < -0.3 is 4.90 Å². The standard InChI is InChI=1S/C17H19N3O/c1-11-6-12(2)16(13(3)7-11)17(21)20-5-4-15-14(9-20)8-18-10-19-15/h6-8,10H,4-5,9H2,1-3H3. The van der Waals surface area contributed by atoms with Gasteiger partial charge in [0.25, 0.3) is 5.91 Å². The number of nitrogens with zero attached hydrogens (tertiary/aromatic N) is 3. The first-order valence-corrected chi connectivity index (χ1v) is 7.21. The van der Waals surface area contributed by atoms with E-state index in [9.17, 15) is 4.79 Å². The van der Waals surface area contributed by atoms with Gasteiger partial charge in [-0.1, -0.05) is 17.7 Å². The maximum atomic E-state index is 12.8. The predicted octanol–water partition coefficient (Wildman–Crippen LogP) is 2.60. The van der Waals surface area contributed by atoms with Crippen LogP contribution in [0.4, 0.5) is 0 Å². The number of fused-ring (bicyclic) bond motifs is 1. The molecule has 2 heterocycles. The topological polar surface area (TPSA) is 46.1 Å². The maximum absolute atomic E-state index is 12.8. The van der Waals surface area contributed by atoms with E-state index in [0.717, 1.165) is 40.9 Å². The molecule has 0 bridgehead atoms. The first-order valence-electron chi connectivity index (χ1n) is 7.21. The predicted molar refractivity (Wildman–Crippen MR) is 81.1 cm³/mol. The molecule has 0 radical (unpaired) electrons. The Labute approximate surface area is 124 Å². The van der Waals surface area contributed by atoms with Gasteiger partial charge in [-0.25, -0.2) is 9.97 Å². The van der Waals surface area contributed by atoms with E-state index in [4.69, 9.17) is 0 Å². The molecule has 21 heavy (non-hydrogen) atoms. The number of aryl methyl sites for hydroxylation is 3. The first kappa shape index (κ1) is 13.7. The molecular formula is C17H19N3O. The van der Waals surface area contributed by atoms with Crippen LogP contribution in [0.2, 0.25) is 0 Å². The molecule has 1 aromatic carbocycles. The Morgan fingerprint density at radius 1 is 1.19 bits per heavy atom. The van der Waals surface area contributed by atoms with Gasteiger partial charge >= 0.3 is 0 Å². The van der Waals surface area contributed by atoms with Gasteiger partial charge in [0.15, 0.2) is 0 Å². The van der Waals surface area contributed by atoms with Crippen LogP contribution >= 0.6 is 0 Å². The number of rotatable bonds is 1. The average molecular weight is 281 g/mol. The molecule has 0 N–H and O–H groups in total. The normalized spacial score (nSPS) is 14.0. The Balaban J connectivity index is 1.91. The SMILES string of the molecule is Cc1cc(C)c(C(=O)N2CCc3ncncc3C2)c(C)c1. The van der Waals surface area contributed by atoms with E-state index in [2.05, 4.69) is 29.0 Å². The summed E-state index contributed by atoms with van der Waals surface area (Å²) in [6, 6.07) is 4.14. The van der Waals surface area contributed by atoms with Gasteiger partial charge in [-0.05, 0) is 31.9 Å². The van der Waals surface area contributed by atoms with E-state index < -0.39 is 0 Å². The molecule has 3 rings (SSSR count). The quantitative estimate of drug-likeness (QED) is 0.807. The molecular weight excluding hydrogens is 262 g/mol. The molecule has 1 aromatic heterocycles. The molecule has 0 spiro atoms. The maximum Gasteiger partial charge on any atom is 0.254 e. The molecule has 0 unspecified atom stereocenters. The van der Waals surface area contributed by atoms with Gasteiger partial charge in [0.1, 0.15) is 6.33 Å². The number of amides is 1. The second kappa shape index (κ2) is 5.28. The van der Waals surface area contributed by atoms with E-state index >= 15 is 0 Å². The lowest BCUT2D eigenvalue weighted by atomic mass is 9.97. The zero-order chi connectivity index (χ0) is 15.0. The molecule has 1 aliphatic rings. The third kappa shape index (κ3) is 2.53. The second-order valence-electron chi connectivity index (χ2n) is 5.75. The fraction of sp³-hybridized carbons (Fsp3) is 0.353. The van der Waals surface area contributed by atoms with Crippen LogP contribution in [-0.4, -0.2) is 27.3 Å². The van der Waals surface area contributed by atoms with Crippen molar-refractivity contribution >= 4 is 5.91 Å². The Hall–Kier alpha value is -2.23. The number of hydrogen-bond acceptors (Lipinski definition) is 3. The van der Waals surface area contributed by atoms with E-state index in [1.54, 1.807) is 6.33 Å². The van der Waals surface area contributed by atoms with Crippen molar-refractivity contribution in [1.82, 2.24) is 14.9 Å². The highest BCUT2D eigenvalue weighted by atomic mass is 16.2. The van der Waals surface area contributed by atoms with Crippen molar-refractivity contribution in [2.75, 3.05) is 6.54 Å². The van der Waals surface area contributed by atoms with E-state index in [-0.39, 0.29) is 5.91 Å². The monoisotopic (exact) mass is 281 g/mol. The fourth-order valence-corrected chi connectivity index (χ4v) is 3.12. The second-order valence-corrected chi connectivity index (χ2v) is 5.75. The molecule has 108 valence electrons. The third-order valence-electron chi connectivity index (χ3n) is 4.04. The minimum atomic E-state index is 0.111. The van der Waals surface area contributed by atoms with Crippen LogP contribution in [0.3, 0.4) is 0 Å². The number of carbonyl (C=O) groups excluding carboxylic acids is 1. The third-order valence-corrected chi connectivity index (χ3v) is 4.04. The fourth-order valence-electron chi connectivity index (χ4n) is 3.12. The Kier molecular flexibility index (Phi) is 3.45. The van der Waals surface area contributed by atoms with Crippen molar-refractivity contribution in [3.63, 3.8) is 0 Å². The van der Waals surface area contributed by atoms with Crippen molar-refractivity contribution in [3.05, 3.63) is 58.2 Å². The molecule has 1 amide bonds. The molecule has 0 saturated carbocycles. The van der Waals surface area contributed by atoms with Gasteiger partial charge in [0, 0.05) is 36.8 Å². The summed E-state index contributed by atoms with van der Waals surface area (Å²) in [4.78, 5) is 23.1. The molecule has 2 aromatic rings. The summed E-state index contributed by atoms with van der Waals surface area (Å²) in [5, 5.41) is 0. The Morgan fingerprint density at radius 2 is 1.90 bits per heavy atom. The Bertz CT molecular complexity index is 686. The van der Waals surface area contributed by atoms with Crippen LogP contribution in [0.1, 0.15) is 38.3 Å². The molecule has 1 aliphatic heterocycles. The molecule has 4 nitrogen and oxygen atoms in total. The zero-order valence-electron chi connectivity index (χ0n) is 12.7. The van der Waals surface area contributed by atoms with E-state index in [1.165, 1.54) is 5.56 Å². The van der Waals surface area contributed by atoms with E-state index in [0.29, 0.717) is 6.54 Å². The summed E-state index contributed by atoms with van der Waals surface area (Å²) in [5.41, 5.74) is 6.24. The lowest BCUT2D eigenvalue weighted by molar-refractivity contribution is 0.0732. The van der Waals surface area contributed by atoms with Gasteiger partial charge in [-0.3, -0.25) is 4.79 Å². The summed E-state index contributed by atoms with van der Waals surface area (Å²) in [7, 11) is 0. The molecule has 0 saturated heterocycles. The van der Waals surface area contributed by atoms with Crippen LogP contribution < -0.4 is 0 Å². The number of carbonyl (C=O) groups is 1. The van der Waals surface area contributed by atoms with Crippen molar-refractivity contribution in [1.29, 1.82) is 0 Å². The summed E-state index contributed by atoms with van der Waals surface area (Å²) < 4.78 is 0. The van der Waals surface area contributed by atoms with Gasteiger partial charge in [0.2, 0.25) is 0 Å². The molecule has 0 atom stereocenters. The lowest BCUT2D eigenvalue weighted by Gasteiger charge is -2.29. The largest absolute Gasteiger partial charge is 0.334 e. The highest BCUT2D eigenvalue weighted by Gasteiger charge is 2.24. The highest BCUT2D eigenvalue weighted by molar-refractivity contribution is 5.97. The van der Waals surface area contributed by atoms with Crippen LogP contribution in [0.15, 0.2) is 24.7 Å². The zero-order valence-corrected chi connectivity index (χ0v) is 12.7. The van der Waals surface area contributed by atoms with Gasteiger partial charge in [0.05, 0.1) is 5.69 Å². The number of benzene rings is 1. The van der Waals surface area contributed by atoms with Crippen molar-refractivity contribution in [2.24, 2.45) is 0 Å². The summed E-state index contributed by atoms with van der Waals surface area (Å²) in [6.07, 6.45) is 4.19. The van der Waals surface area contributed by atoms with Crippen LogP contribution in [-0.2, 0) is 13.0 Å².